The molecule has 74 heavy (non-hydrogen) atoms. The highest BCUT2D eigenvalue weighted by Crippen LogP contribution is 2.23. The van der Waals surface area contributed by atoms with Crippen molar-refractivity contribution in [2.24, 2.45) is 0 Å². The summed E-state index contributed by atoms with van der Waals surface area (Å²) in [6, 6.07) is -0.838. The van der Waals surface area contributed by atoms with Gasteiger partial charge in [0, 0.05) is 12.8 Å². The number of unbranched alkanes of at least 4 members (excludes halogenated alkanes) is 30. The van der Waals surface area contributed by atoms with Crippen LogP contribution in [-0.2, 0) is 23.8 Å². The van der Waals surface area contributed by atoms with Gasteiger partial charge in [0.25, 0.3) is 0 Å². The van der Waals surface area contributed by atoms with Gasteiger partial charge >= 0.3 is 5.97 Å². The maximum absolute atomic E-state index is 13.0. The van der Waals surface area contributed by atoms with Crippen LogP contribution >= 0.6 is 0 Å². The lowest BCUT2D eigenvalue weighted by Crippen LogP contribution is -2.60. The molecule has 430 valence electrons. The van der Waals surface area contributed by atoms with Gasteiger partial charge in [-0.3, -0.25) is 9.59 Å². The van der Waals surface area contributed by atoms with Gasteiger partial charge < -0.3 is 45.1 Å². The van der Waals surface area contributed by atoms with E-state index in [4.69, 9.17) is 14.2 Å². The van der Waals surface area contributed by atoms with Crippen molar-refractivity contribution in [2.75, 3.05) is 19.8 Å². The second-order valence-electron chi connectivity index (χ2n) is 21.0. The normalized spacial score (nSPS) is 19.3. The Kier molecular flexibility index (Phi) is 49.1. The number of amides is 1. The lowest BCUT2D eigenvalue weighted by atomic mass is 9.99. The van der Waals surface area contributed by atoms with Crippen molar-refractivity contribution >= 4 is 11.9 Å². The summed E-state index contributed by atoms with van der Waals surface area (Å²) in [6.07, 6.45) is 57.6. The average molecular weight is 1040 g/mol. The first-order valence-corrected chi connectivity index (χ1v) is 30.6. The number of carbonyl (C=O) groups is 2. The molecule has 0 aromatic carbocycles. The fourth-order valence-electron chi connectivity index (χ4n) is 9.15. The quantitative estimate of drug-likeness (QED) is 0.0195. The van der Waals surface area contributed by atoms with E-state index in [-0.39, 0.29) is 18.5 Å². The van der Waals surface area contributed by atoms with Crippen LogP contribution in [-0.4, -0.2) is 100 Å². The fraction of sp³-hybridized carbons (Fsp3) is 0.810. The molecule has 0 bridgehead atoms. The first-order valence-electron chi connectivity index (χ1n) is 30.6. The minimum Gasteiger partial charge on any atom is -0.466 e. The molecule has 0 radical (unpaired) electrons. The predicted molar refractivity (Wildman–Crippen MR) is 306 cm³/mol. The van der Waals surface area contributed by atoms with Gasteiger partial charge in [0.05, 0.1) is 32.0 Å². The zero-order valence-corrected chi connectivity index (χ0v) is 47.3. The SMILES string of the molecule is CCC/C=C/CC/C=C/CC/C=C/C(O)C(COC1OC(CO)C(O)C(O)C1O)NC(=O)CCCCCCCCCC/C=C\CCCCCCCCCCCCCCOC(=O)CCCCCCC/C=C\CCCC. The van der Waals surface area contributed by atoms with Crippen LogP contribution in [0.15, 0.2) is 60.8 Å². The van der Waals surface area contributed by atoms with Crippen molar-refractivity contribution in [3.8, 4) is 0 Å². The zero-order chi connectivity index (χ0) is 53.8. The summed E-state index contributed by atoms with van der Waals surface area (Å²) in [7, 11) is 0. The number of esters is 1. The summed E-state index contributed by atoms with van der Waals surface area (Å²) in [6.45, 7) is 4.20. The lowest BCUT2D eigenvalue weighted by Gasteiger charge is -2.40. The van der Waals surface area contributed by atoms with Gasteiger partial charge in [-0.1, -0.05) is 216 Å². The van der Waals surface area contributed by atoms with Crippen LogP contribution in [0, 0.1) is 0 Å². The molecule has 1 aliphatic rings. The summed E-state index contributed by atoms with van der Waals surface area (Å²) < 4.78 is 16.7. The Balaban J connectivity index is 2.04. The van der Waals surface area contributed by atoms with E-state index in [1.165, 1.54) is 148 Å². The van der Waals surface area contributed by atoms with Crippen LogP contribution in [0.5, 0.6) is 0 Å². The van der Waals surface area contributed by atoms with E-state index in [1.54, 1.807) is 6.08 Å². The molecule has 7 unspecified atom stereocenters. The van der Waals surface area contributed by atoms with E-state index < -0.39 is 49.5 Å². The van der Waals surface area contributed by atoms with E-state index in [0.29, 0.717) is 19.4 Å². The molecule has 1 amide bonds. The van der Waals surface area contributed by atoms with E-state index in [0.717, 1.165) is 89.9 Å². The molecule has 1 saturated heterocycles. The molecule has 0 aliphatic carbocycles. The van der Waals surface area contributed by atoms with Gasteiger partial charge in [0.1, 0.15) is 24.4 Å². The predicted octanol–water partition coefficient (Wildman–Crippen LogP) is 14.2. The number of carbonyl (C=O) groups excluding carboxylic acids is 2. The summed E-state index contributed by atoms with van der Waals surface area (Å²) in [5.41, 5.74) is 0. The van der Waals surface area contributed by atoms with Crippen molar-refractivity contribution in [1.82, 2.24) is 5.32 Å². The molecular formula is C63H113NO10. The van der Waals surface area contributed by atoms with E-state index in [9.17, 15) is 35.1 Å². The molecule has 11 nitrogen and oxygen atoms in total. The minimum absolute atomic E-state index is 0.0112. The first kappa shape index (κ1) is 69.4. The van der Waals surface area contributed by atoms with Crippen LogP contribution in [0.25, 0.3) is 0 Å². The van der Waals surface area contributed by atoms with E-state index in [1.807, 2.05) is 6.08 Å². The smallest absolute Gasteiger partial charge is 0.305 e. The Hall–Kier alpha value is -2.64. The Morgan fingerprint density at radius 2 is 0.905 bits per heavy atom. The largest absolute Gasteiger partial charge is 0.466 e. The molecule has 6 N–H and O–H groups in total. The molecule has 0 aromatic rings. The Morgan fingerprint density at radius 3 is 1.39 bits per heavy atom. The van der Waals surface area contributed by atoms with Crippen LogP contribution < -0.4 is 5.32 Å². The molecule has 1 fully saturated rings. The third-order valence-electron chi connectivity index (χ3n) is 14.0. The average Bonchev–Trinajstić information content (AvgIpc) is 3.40. The number of hydrogen-bond donors (Lipinski definition) is 6. The van der Waals surface area contributed by atoms with E-state index >= 15 is 0 Å². The lowest BCUT2D eigenvalue weighted by molar-refractivity contribution is -0.302. The molecule has 0 saturated carbocycles. The minimum atomic E-state index is -1.58. The van der Waals surface area contributed by atoms with Gasteiger partial charge in [0.2, 0.25) is 5.91 Å². The Morgan fingerprint density at radius 1 is 0.486 bits per heavy atom. The number of aliphatic hydroxyl groups excluding tert-OH is 5. The highest BCUT2D eigenvalue weighted by atomic mass is 16.7. The van der Waals surface area contributed by atoms with Crippen molar-refractivity contribution in [2.45, 2.75) is 307 Å². The van der Waals surface area contributed by atoms with Gasteiger partial charge in [-0.25, -0.2) is 0 Å². The molecule has 7 atom stereocenters. The van der Waals surface area contributed by atoms with Crippen molar-refractivity contribution in [3.63, 3.8) is 0 Å². The Bertz CT molecular complexity index is 1410. The van der Waals surface area contributed by atoms with Crippen LogP contribution in [0.4, 0.5) is 0 Å². The summed E-state index contributed by atoms with van der Waals surface area (Å²) in [4.78, 5) is 25.0. The van der Waals surface area contributed by atoms with E-state index in [2.05, 4.69) is 67.8 Å². The van der Waals surface area contributed by atoms with Crippen molar-refractivity contribution < 1.29 is 49.3 Å². The number of allylic oxidation sites excluding steroid dienone is 9. The molecule has 11 heteroatoms. The number of rotatable bonds is 52. The summed E-state index contributed by atoms with van der Waals surface area (Å²) >= 11 is 0. The maximum Gasteiger partial charge on any atom is 0.305 e. The van der Waals surface area contributed by atoms with Crippen molar-refractivity contribution in [1.29, 1.82) is 0 Å². The molecule has 1 aliphatic heterocycles. The molecule has 0 aromatic heterocycles. The number of ether oxygens (including phenoxy) is 3. The van der Waals surface area contributed by atoms with Crippen LogP contribution in [0.3, 0.4) is 0 Å². The number of aliphatic hydroxyl groups is 5. The Labute approximate surface area is 452 Å². The maximum atomic E-state index is 13.0. The zero-order valence-electron chi connectivity index (χ0n) is 47.3. The van der Waals surface area contributed by atoms with Gasteiger partial charge in [-0.2, -0.15) is 0 Å². The van der Waals surface area contributed by atoms with Crippen LogP contribution in [0.2, 0.25) is 0 Å². The second kappa shape index (κ2) is 52.4. The second-order valence-corrected chi connectivity index (χ2v) is 21.0. The van der Waals surface area contributed by atoms with Crippen LogP contribution in [0.1, 0.15) is 264 Å². The fourth-order valence-corrected chi connectivity index (χ4v) is 9.15. The van der Waals surface area contributed by atoms with Gasteiger partial charge in [0.15, 0.2) is 6.29 Å². The third-order valence-corrected chi connectivity index (χ3v) is 14.0. The molecule has 1 heterocycles. The monoisotopic (exact) mass is 1040 g/mol. The highest BCUT2D eigenvalue weighted by Gasteiger charge is 2.44. The molecule has 0 spiro atoms. The van der Waals surface area contributed by atoms with Crippen molar-refractivity contribution in [3.05, 3.63) is 60.8 Å². The third kappa shape index (κ3) is 41.5. The number of hydrogen-bond acceptors (Lipinski definition) is 10. The van der Waals surface area contributed by atoms with Gasteiger partial charge in [-0.15, -0.1) is 0 Å². The molecule has 1 rings (SSSR count). The summed E-state index contributed by atoms with van der Waals surface area (Å²) in [5.74, 6) is -0.215. The standard InChI is InChI=1S/C63H113NO10/c1-3-5-7-9-11-13-29-33-37-41-45-49-56(66)55(54-73-63-62(71)61(70)60(69)57(53-65)74-63)64-58(67)50-46-42-38-34-31-27-25-23-21-19-17-15-16-18-20-22-24-26-28-32-36-40-44-48-52-72-59(68)51-47-43-39-35-30-14-12-10-8-6-4-2/h7,9-10,12,17,19,29,33,45,49,55-57,60-63,65-66,69-71H,3-6,8,11,13-16,18,20-28,30-32,34-44,46-48,50-54H2,1-2H3,(H,64,67)/b9-7+,12-10-,19-17-,33-29+,49-45+. The van der Waals surface area contributed by atoms with Gasteiger partial charge in [-0.05, 0) is 96.3 Å². The summed E-state index contributed by atoms with van der Waals surface area (Å²) in [5, 5.41) is 54.2. The molecular weight excluding hydrogens is 931 g/mol. The highest BCUT2D eigenvalue weighted by molar-refractivity contribution is 5.76. The number of nitrogens with one attached hydrogen (secondary N) is 1. The first-order chi connectivity index (χ1) is 36.2. The topological polar surface area (TPSA) is 175 Å².